The van der Waals surface area contributed by atoms with E-state index in [4.69, 9.17) is 19.6 Å². The van der Waals surface area contributed by atoms with E-state index < -0.39 is 5.91 Å². The van der Waals surface area contributed by atoms with E-state index in [-0.39, 0.29) is 19.0 Å². The number of halogens is 2. The van der Waals surface area contributed by atoms with Crippen molar-refractivity contribution in [2.24, 2.45) is 5.16 Å². The molecule has 0 aliphatic heterocycles. The molecule has 33 heavy (non-hydrogen) atoms. The Balaban J connectivity index is 1.60. The summed E-state index contributed by atoms with van der Waals surface area (Å²) in [7, 11) is 1.49. The molecular weight excluding hydrogens is 540 g/mol. The van der Waals surface area contributed by atoms with Crippen molar-refractivity contribution in [1.29, 1.82) is 5.26 Å². The Hall–Kier alpha value is -3.65. The number of hydrogen-bond acceptors (Lipinski definition) is 6. The molecular formula is C24H19FIN3O4. The lowest BCUT2D eigenvalue weighted by Gasteiger charge is -2.13. The van der Waals surface area contributed by atoms with Crippen molar-refractivity contribution in [3.05, 3.63) is 86.7 Å². The largest absolute Gasteiger partial charge is 0.493 e. The molecule has 0 aliphatic rings. The zero-order valence-electron chi connectivity index (χ0n) is 17.5. The zero-order valence-corrected chi connectivity index (χ0v) is 19.7. The second-order valence-electron chi connectivity index (χ2n) is 6.65. The van der Waals surface area contributed by atoms with Gasteiger partial charge in [0.2, 0.25) is 0 Å². The van der Waals surface area contributed by atoms with Crippen LogP contribution in [0, 0.1) is 20.7 Å². The number of anilines is 1. The van der Waals surface area contributed by atoms with Gasteiger partial charge in [0.05, 0.1) is 28.5 Å². The fourth-order valence-electron chi connectivity index (χ4n) is 2.78. The highest BCUT2D eigenvalue weighted by Crippen LogP contribution is 2.33. The van der Waals surface area contributed by atoms with Gasteiger partial charge in [-0.2, -0.15) is 5.26 Å². The van der Waals surface area contributed by atoms with Crippen LogP contribution in [0.4, 0.5) is 10.1 Å². The van der Waals surface area contributed by atoms with Crippen LogP contribution in [0.25, 0.3) is 0 Å². The van der Waals surface area contributed by atoms with Crippen molar-refractivity contribution in [3.8, 4) is 17.6 Å². The average molecular weight is 559 g/mol. The van der Waals surface area contributed by atoms with Crippen LogP contribution in [-0.2, 0) is 16.2 Å². The molecule has 3 aromatic carbocycles. The number of nitriles is 1. The van der Waals surface area contributed by atoms with E-state index >= 15 is 0 Å². The Labute approximate surface area is 203 Å². The molecule has 0 spiro atoms. The summed E-state index contributed by atoms with van der Waals surface area (Å²) in [6.45, 7) is -0.0859. The van der Waals surface area contributed by atoms with Crippen molar-refractivity contribution in [2.45, 2.75) is 6.61 Å². The quantitative estimate of drug-likeness (QED) is 0.229. The molecule has 3 aromatic rings. The number of carbonyl (C=O) groups excluding carboxylic acids is 1. The zero-order chi connectivity index (χ0) is 23.6. The summed E-state index contributed by atoms with van der Waals surface area (Å²) in [5.74, 6) is 0.0573. The van der Waals surface area contributed by atoms with Crippen molar-refractivity contribution < 1.29 is 23.5 Å². The number of nitrogens with one attached hydrogen (secondary N) is 1. The highest BCUT2D eigenvalue weighted by molar-refractivity contribution is 14.1. The average Bonchev–Trinajstić information content (AvgIpc) is 2.82. The maximum atomic E-state index is 13.0. The van der Waals surface area contributed by atoms with Gasteiger partial charge in [-0.1, -0.05) is 23.4 Å². The molecule has 0 bridgehead atoms. The third kappa shape index (κ3) is 6.92. The highest BCUT2D eigenvalue weighted by Gasteiger charge is 2.13. The fourth-order valence-corrected chi connectivity index (χ4v) is 3.56. The molecule has 168 valence electrons. The maximum absolute atomic E-state index is 13.0. The number of methoxy groups -OCH3 is 1. The molecule has 0 radical (unpaired) electrons. The third-order valence-electron chi connectivity index (χ3n) is 4.36. The third-order valence-corrected chi connectivity index (χ3v) is 5.16. The molecule has 0 unspecified atom stereocenters. The van der Waals surface area contributed by atoms with E-state index in [0.717, 1.165) is 5.56 Å². The Bertz CT molecular complexity index is 1190. The van der Waals surface area contributed by atoms with E-state index in [9.17, 15) is 9.18 Å². The number of amides is 1. The van der Waals surface area contributed by atoms with Crippen LogP contribution in [0.2, 0.25) is 0 Å². The van der Waals surface area contributed by atoms with E-state index in [0.29, 0.717) is 31.9 Å². The van der Waals surface area contributed by atoms with Crippen LogP contribution in [0.3, 0.4) is 0 Å². The second kappa shape index (κ2) is 11.8. The van der Waals surface area contributed by atoms with Crippen LogP contribution < -0.4 is 14.8 Å². The maximum Gasteiger partial charge on any atom is 0.262 e. The minimum Gasteiger partial charge on any atom is -0.493 e. The van der Waals surface area contributed by atoms with Crippen LogP contribution >= 0.6 is 22.6 Å². The van der Waals surface area contributed by atoms with Gasteiger partial charge in [-0.15, -0.1) is 0 Å². The lowest BCUT2D eigenvalue weighted by Crippen LogP contribution is -2.20. The molecule has 1 amide bonds. The van der Waals surface area contributed by atoms with Crippen LogP contribution in [0.15, 0.2) is 65.8 Å². The summed E-state index contributed by atoms with van der Waals surface area (Å²) >= 11 is 2.07. The molecule has 0 heterocycles. The number of carbonyl (C=O) groups is 1. The number of ether oxygens (including phenoxy) is 2. The van der Waals surface area contributed by atoms with Crippen molar-refractivity contribution >= 4 is 40.4 Å². The normalized spacial score (nSPS) is 10.5. The lowest BCUT2D eigenvalue weighted by atomic mass is 10.1. The summed E-state index contributed by atoms with van der Waals surface area (Å²) < 4.78 is 24.7. The van der Waals surface area contributed by atoms with E-state index in [1.807, 2.05) is 6.07 Å². The molecule has 0 fully saturated rings. The number of rotatable bonds is 9. The van der Waals surface area contributed by atoms with Crippen molar-refractivity contribution in [2.75, 3.05) is 19.0 Å². The summed E-state index contributed by atoms with van der Waals surface area (Å²) in [5, 5.41) is 15.7. The number of oxime groups is 1. The molecule has 9 heteroatoms. The standard InChI is InChI=1S/C24H19FIN3O4/c1-31-22-11-16(13-28-33-14-18-5-3-2-4-17(18)12-27)10-21(26)24(22)32-15-23(30)29-20-8-6-19(25)7-9-20/h2-11,13H,14-15H2,1H3,(H,29,30)/b28-13-. The van der Waals surface area contributed by atoms with Gasteiger partial charge in [-0.3, -0.25) is 4.79 Å². The number of hydrogen-bond donors (Lipinski definition) is 1. The molecule has 0 aliphatic carbocycles. The van der Waals surface area contributed by atoms with Crippen molar-refractivity contribution in [3.63, 3.8) is 0 Å². The first-order chi connectivity index (χ1) is 16.0. The fraction of sp³-hybridized carbons (Fsp3) is 0.125. The first-order valence-corrected chi connectivity index (χ1v) is 10.8. The first kappa shape index (κ1) is 24.0. The minimum absolute atomic E-state index is 0.165. The van der Waals surface area contributed by atoms with Crippen molar-refractivity contribution in [1.82, 2.24) is 0 Å². The molecule has 0 saturated heterocycles. The predicted octanol–water partition coefficient (Wildman–Crippen LogP) is 4.88. The molecule has 0 atom stereocenters. The van der Waals surface area contributed by atoms with Crippen LogP contribution in [-0.4, -0.2) is 25.8 Å². The van der Waals surface area contributed by atoms with Gasteiger partial charge < -0.3 is 19.6 Å². The summed E-state index contributed by atoms with van der Waals surface area (Å²) in [5.41, 5.74) is 2.45. The van der Waals surface area contributed by atoms with E-state index in [1.54, 1.807) is 30.3 Å². The second-order valence-corrected chi connectivity index (χ2v) is 7.82. The van der Waals surface area contributed by atoms with Gasteiger partial charge in [-0.05, 0) is 65.1 Å². The Kier molecular flexibility index (Phi) is 8.60. The van der Waals surface area contributed by atoms with Gasteiger partial charge in [0, 0.05) is 16.8 Å². The lowest BCUT2D eigenvalue weighted by molar-refractivity contribution is -0.118. The topological polar surface area (TPSA) is 92.9 Å². The van der Waals surface area contributed by atoms with Gasteiger partial charge in [0.15, 0.2) is 18.1 Å². The van der Waals surface area contributed by atoms with Crippen LogP contribution in [0.1, 0.15) is 16.7 Å². The number of nitrogens with zero attached hydrogens (tertiary/aromatic N) is 2. The van der Waals surface area contributed by atoms with E-state index in [2.05, 4.69) is 39.1 Å². The Morgan fingerprint density at radius 2 is 1.97 bits per heavy atom. The first-order valence-electron chi connectivity index (χ1n) is 9.69. The molecule has 0 saturated carbocycles. The Morgan fingerprint density at radius 3 is 2.70 bits per heavy atom. The summed E-state index contributed by atoms with van der Waals surface area (Å²) in [4.78, 5) is 17.5. The SMILES string of the molecule is COc1cc(/C=N\OCc2ccccc2C#N)cc(I)c1OCC(=O)Nc1ccc(F)cc1. The van der Waals surface area contributed by atoms with Gasteiger partial charge in [0.25, 0.3) is 5.91 Å². The highest BCUT2D eigenvalue weighted by atomic mass is 127. The molecule has 1 N–H and O–H groups in total. The molecule has 3 rings (SSSR count). The summed E-state index contributed by atoms with van der Waals surface area (Å²) in [6.07, 6.45) is 1.52. The minimum atomic E-state index is -0.392. The predicted molar refractivity (Wildman–Crippen MR) is 130 cm³/mol. The Morgan fingerprint density at radius 1 is 1.21 bits per heavy atom. The van der Waals surface area contributed by atoms with Gasteiger partial charge in [-0.25, -0.2) is 4.39 Å². The van der Waals surface area contributed by atoms with E-state index in [1.165, 1.54) is 37.6 Å². The monoisotopic (exact) mass is 559 g/mol. The van der Waals surface area contributed by atoms with Gasteiger partial charge >= 0.3 is 0 Å². The molecule has 7 nitrogen and oxygen atoms in total. The van der Waals surface area contributed by atoms with Crippen LogP contribution in [0.5, 0.6) is 11.5 Å². The summed E-state index contributed by atoms with van der Waals surface area (Å²) in [6, 6.07) is 18.2. The van der Waals surface area contributed by atoms with Gasteiger partial charge in [0.1, 0.15) is 12.4 Å². The smallest absolute Gasteiger partial charge is 0.262 e. The number of benzene rings is 3. The molecule has 0 aromatic heterocycles.